The summed E-state index contributed by atoms with van der Waals surface area (Å²) in [6.45, 7) is 0.184. The molecule has 0 bridgehead atoms. The average Bonchev–Trinajstić information content (AvgIpc) is 2.66. The van der Waals surface area contributed by atoms with Gasteiger partial charge in [-0.15, -0.1) is 0 Å². The van der Waals surface area contributed by atoms with Crippen molar-refractivity contribution < 1.29 is 19.3 Å². The maximum Gasteiger partial charge on any atom is 0.231 e. The van der Waals surface area contributed by atoms with Crippen LogP contribution in [-0.4, -0.2) is 25.6 Å². The molecular formula is C10H11ClO4. The Hall–Kier alpha value is -1.13. The maximum absolute atomic E-state index is 8.97. The maximum atomic E-state index is 8.97. The van der Waals surface area contributed by atoms with Crippen molar-refractivity contribution in [3.63, 3.8) is 0 Å². The molecule has 1 N–H and O–H groups in total. The predicted octanol–water partition coefficient (Wildman–Crippen LogP) is 1.61. The number of aliphatic hydroxyl groups excluding tert-OH is 1. The second-order valence-corrected chi connectivity index (χ2v) is 3.48. The smallest absolute Gasteiger partial charge is 0.231 e. The Balaban J connectivity index is 2.55. The van der Waals surface area contributed by atoms with Crippen molar-refractivity contribution >= 4 is 11.6 Å². The van der Waals surface area contributed by atoms with E-state index in [2.05, 4.69) is 0 Å². The highest BCUT2D eigenvalue weighted by Gasteiger charge is 2.23. The Morgan fingerprint density at radius 1 is 1.53 bits per heavy atom. The third-order valence-electron chi connectivity index (χ3n) is 2.23. The van der Waals surface area contributed by atoms with Crippen LogP contribution in [0.1, 0.15) is 5.56 Å². The lowest BCUT2D eigenvalue weighted by Gasteiger charge is -2.11. The van der Waals surface area contributed by atoms with Gasteiger partial charge in [-0.2, -0.15) is 0 Å². The van der Waals surface area contributed by atoms with Gasteiger partial charge in [0.15, 0.2) is 11.5 Å². The van der Waals surface area contributed by atoms with Crippen LogP contribution in [0.15, 0.2) is 6.07 Å². The monoisotopic (exact) mass is 230 g/mol. The van der Waals surface area contributed by atoms with Crippen molar-refractivity contribution in [1.29, 1.82) is 0 Å². The van der Waals surface area contributed by atoms with Gasteiger partial charge in [0.2, 0.25) is 6.79 Å². The van der Waals surface area contributed by atoms with Gasteiger partial charge in [0.25, 0.3) is 0 Å². The van der Waals surface area contributed by atoms with Crippen LogP contribution in [-0.2, 0) is 6.42 Å². The van der Waals surface area contributed by atoms with Crippen LogP contribution in [0.25, 0.3) is 0 Å². The fourth-order valence-corrected chi connectivity index (χ4v) is 1.91. The lowest BCUT2D eigenvalue weighted by Crippen LogP contribution is -1.99. The van der Waals surface area contributed by atoms with Gasteiger partial charge in [0.1, 0.15) is 5.75 Å². The largest absolute Gasteiger partial charge is 0.495 e. The number of aliphatic hydroxyl groups is 1. The van der Waals surface area contributed by atoms with Crippen molar-refractivity contribution in [3.8, 4) is 17.2 Å². The molecule has 5 heteroatoms. The van der Waals surface area contributed by atoms with E-state index >= 15 is 0 Å². The van der Waals surface area contributed by atoms with E-state index in [1.807, 2.05) is 0 Å². The topological polar surface area (TPSA) is 47.9 Å². The van der Waals surface area contributed by atoms with Gasteiger partial charge in [0, 0.05) is 24.7 Å². The molecule has 1 aliphatic rings. The minimum Gasteiger partial charge on any atom is -0.495 e. The van der Waals surface area contributed by atoms with Crippen LogP contribution in [0.4, 0.5) is 0 Å². The summed E-state index contributed by atoms with van der Waals surface area (Å²) in [5, 5.41) is 9.43. The number of rotatable bonds is 3. The van der Waals surface area contributed by atoms with Gasteiger partial charge in [0.05, 0.1) is 12.1 Å². The quantitative estimate of drug-likeness (QED) is 0.857. The first-order valence-corrected chi connectivity index (χ1v) is 4.91. The average molecular weight is 231 g/mol. The normalized spacial score (nSPS) is 13.0. The molecule has 0 saturated heterocycles. The van der Waals surface area contributed by atoms with E-state index in [-0.39, 0.29) is 13.4 Å². The fourth-order valence-electron chi connectivity index (χ4n) is 1.62. The van der Waals surface area contributed by atoms with Gasteiger partial charge in [-0.25, -0.2) is 0 Å². The van der Waals surface area contributed by atoms with Crippen molar-refractivity contribution in [1.82, 2.24) is 0 Å². The Labute approximate surface area is 92.3 Å². The van der Waals surface area contributed by atoms with Crippen molar-refractivity contribution in [2.24, 2.45) is 0 Å². The number of hydrogen-bond donors (Lipinski definition) is 1. The van der Waals surface area contributed by atoms with Gasteiger partial charge in [-0.3, -0.25) is 0 Å². The van der Waals surface area contributed by atoms with E-state index in [1.165, 1.54) is 7.11 Å². The van der Waals surface area contributed by atoms with E-state index in [9.17, 15) is 0 Å². The number of benzene rings is 1. The molecule has 15 heavy (non-hydrogen) atoms. The van der Waals surface area contributed by atoms with Crippen LogP contribution in [0.3, 0.4) is 0 Å². The molecule has 0 saturated carbocycles. The molecule has 0 spiro atoms. The van der Waals surface area contributed by atoms with E-state index in [0.717, 1.165) is 5.56 Å². The highest BCUT2D eigenvalue weighted by molar-refractivity contribution is 6.32. The first kappa shape index (κ1) is 10.4. The molecule has 0 aromatic heterocycles. The minimum absolute atomic E-state index is 0.00645. The van der Waals surface area contributed by atoms with Gasteiger partial charge >= 0.3 is 0 Å². The standard InChI is InChI=1S/C10H11ClO4/c1-13-9-6(2-3-12)10-8(4-7(9)11)14-5-15-10/h4,12H,2-3,5H2,1H3. The Kier molecular flexibility index (Phi) is 2.88. The zero-order chi connectivity index (χ0) is 10.8. The summed E-state index contributed by atoms with van der Waals surface area (Å²) >= 11 is 6.01. The van der Waals surface area contributed by atoms with Crippen LogP contribution in [0.2, 0.25) is 5.02 Å². The summed E-state index contributed by atoms with van der Waals surface area (Å²) in [4.78, 5) is 0. The Morgan fingerprint density at radius 2 is 2.33 bits per heavy atom. The first-order chi connectivity index (χ1) is 7.27. The molecular weight excluding hydrogens is 220 g/mol. The molecule has 4 nitrogen and oxygen atoms in total. The molecule has 1 aromatic rings. The van der Waals surface area contributed by atoms with Crippen molar-refractivity contribution in [2.75, 3.05) is 20.5 Å². The molecule has 0 radical (unpaired) electrons. The molecule has 0 atom stereocenters. The second kappa shape index (κ2) is 4.16. The lowest BCUT2D eigenvalue weighted by molar-refractivity contribution is 0.172. The summed E-state index contributed by atoms with van der Waals surface area (Å²) in [6.07, 6.45) is 0.426. The third kappa shape index (κ3) is 1.70. The third-order valence-corrected chi connectivity index (χ3v) is 2.51. The fraction of sp³-hybridized carbons (Fsp3) is 0.400. The summed E-state index contributed by atoms with van der Waals surface area (Å²) in [5.74, 6) is 1.75. The summed E-state index contributed by atoms with van der Waals surface area (Å²) in [6, 6.07) is 1.66. The summed E-state index contributed by atoms with van der Waals surface area (Å²) in [7, 11) is 1.53. The van der Waals surface area contributed by atoms with Crippen molar-refractivity contribution in [2.45, 2.75) is 6.42 Å². The molecule has 1 heterocycles. The zero-order valence-corrected chi connectivity index (χ0v) is 9.00. The number of hydrogen-bond acceptors (Lipinski definition) is 4. The summed E-state index contributed by atoms with van der Waals surface area (Å²) in [5.41, 5.74) is 0.750. The van der Waals surface area contributed by atoms with E-state index in [1.54, 1.807) is 6.07 Å². The number of fused-ring (bicyclic) bond motifs is 1. The molecule has 1 aliphatic heterocycles. The van der Waals surface area contributed by atoms with E-state index < -0.39 is 0 Å². The molecule has 2 rings (SSSR count). The first-order valence-electron chi connectivity index (χ1n) is 4.53. The number of ether oxygens (including phenoxy) is 3. The SMILES string of the molecule is COc1c(Cl)cc2c(c1CCO)OCO2. The van der Waals surface area contributed by atoms with Crippen LogP contribution >= 0.6 is 11.6 Å². The molecule has 0 aliphatic carbocycles. The molecule has 0 unspecified atom stereocenters. The predicted molar refractivity (Wildman–Crippen MR) is 54.9 cm³/mol. The van der Waals surface area contributed by atoms with Gasteiger partial charge in [-0.05, 0) is 0 Å². The van der Waals surface area contributed by atoms with Gasteiger partial charge < -0.3 is 19.3 Å². The minimum atomic E-state index is 0.00645. The molecule has 0 fully saturated rings. The molecule has 82 valence electrons. The zero-order valence-electron chi connectivity index (χ0n) is 8.25. The Bertz CT molecular complexity index is 374. The lowest BCUT2D eigenvalue weighted by atomic mass is 10.1. The van der Waals surface area contributed by atoms with Gasteiger partial charge in [-0.1, -0.05) is 11.6 Å². The Morgan fingerprint density at radius 3 is 3.00 bits per heavy atom. The highest BCUT2D eigenvalue weighted by Crippen LogP contribution is 2.45. The molecule has 0 amide bonds. The van der Waals surface area contributed by atoms with Crippen LogP contribution in [0.5, 0.6) is 17.2 Å². The van der Waals surface area contributed by atoms with E-state index in [0.29, 0.717) is 28.7 Å². The van der Waals surface area contributed by atoms with E-state index in [4.69, 9.17) is 30.9 Å². The number of methoxy groups -OCH3 is 1. The number of halogens is 1. The molecule has 1 aromatic carbocycles. The van der Waals surface area contributed by atoms with Crippen LogP contribution < -0.4 is 14.2 Å². The van der Waals surface area contributed by atoms with Crippen LogP contribution in [0, 0.1) is 0 Å². The second-order valence-electron chi connectivity index (χ2n) is 3.08. The summed E-state index contributed by atoms with van der Waals surface area (Å²) < 4.78 is 15.7. The van der Waals surface area contributed by atoms with Crippen molar-refractivity contribution in [3.05, 3.63) is 16.7 Å². The highest BCUT2D eigenvalue weighted by atomic mass is 35.5.